The summed E-state index contributed by atoms with van der Waals surface area (Å²) in [6.07, 6.45) is 1.94. The molecule has 4 heteroatoms. The van der Waals surface area contributed by atoms with E-state index in [-0.39, 0.29) is 11.9 Å². The van der Waals surface area contributed by atoms with Gasteiger partial charge in [-0.1, -0.05) is 12.1 Å². The minimum Gasteiger partial charge on any atom is -0.307 e. The van der Waals surface area contributed by atoms with E-state index >= 15 is 0 Å². The number of hydrogen-bond acceptors (Lipinski definition) is 2. The highest BCUT2D eigenvalue weighted by molar-refractivity contribution is 7.85. The lowest BCUT2D eigenvalue weighted by Crippen LogP contribution is -2.37. The molecule has 0 radical (unpaired) electrons. The SMILES string of the molecule is C[C@@H](NC1CCS(=O)CC1)c1ccc(F)cc1. The Bertz CT molecular complexity index is 383. The zero-order chi connectivity index (χ0) is 12.3. The summed E-state index contributed by atoms with van der Waals surface area (Å²) in [5, 5.41) is 3.52. The first-order valence-corrected chi connectivity index (χ1v) is 7.50. The van der Waals surface area contributed by atoms with Crippen LogP contribution >= 0.6 is 0 Å². The van der Waals surface area contributed by atoms with Crippen molar-refractivity contribution < 1.29 is 8.60 Å². The molecule has 1 aromatic rings. The molecule has 0 bridgehead atoms. The lowest BCUT2D eigenvalue weighted by molar-refractivity contribution is 0.426. The summed E-state index contributed by atoms with van der Waals surface area (Å²) in [7, 11) is -0.613. The second-order valence-corrected chi connectivity index (χ2v) is 6.26. The molecule has 0 aliphatic carbocycles. The van der Waals surface area contributed by atoms with Crippen molar-refractivity contribution in [1.29, 1.82) is 0 Å². The highest BCUT2D eigenvalue weighted by atomic mass is 32.2. The topological polar surface area (TPSA) is 29.1 Å². The maximum Gasteiger partial charge on any atom is 0.123 e. The normalized spacial score (nSPS) is 26.7. The Labute approximate surface area is 104 Å². The van der Waals surface area contributed by atoms with Gasteiger partial charge in [0.15, 0.2) is 0 Å². The van der Waals surface area contributed by atoms with Gasteiger partial charge in [-0.2, -0.15) is 0 Å². The monoisotopic (exact) mass is 255 g/mol. The third kappa shape index (κ3) is 3.61. The van der Waals surface area contributed by atoms with Crippen LogP contribution < -0.4 is 5.32 Å². The van der Waals surface area contributed by atoms with Crippen molar-refractivity contribution in [2.75, 3.05) is 11.5 Å². The number of rotatable bonds is 3. The summed E-state index contributed by atoms with van der Waals surface area (Å²) in [4.78, 5) is 0. The first kappa shape index (κ1) is 12.7. The third-order valence-corrected chi connectivity index (χ3v) is 4.63. The highest BCUT2D eigenvalue weighted by Crippen LogP contribution is 2.17. The Morgan fingerprint density at radius 1 is 1.29 bits per heavy atom. The fourth-order valence-corrected chi connectivity index (χ4v) is 3.46. The van der Waals surface area contributed by atoms with Crippen LogP contribution in [0.15, 0.2) is 24.3 Å². The Hall–Kier alpha value is -0.740. The molecule has 1 fully saturated rings. The van der Waals surface area contributed by atoms with Crippen LogP contribution in [0.4, 0.5) is 4.39 Å². The standard InChI is InChI=1S/C13H18FNOS/c1-10(11-2-4-12(14)5-3-11)15-13-6-8-17(16)9-7-13/h2-5,10,13,15H,6-9H2,1H3/t10-,13?,17?/m1/s1. The Morgan fingerprint density at radius 3 is 2.47 bits per heavy atom. The van der Waals surface area contributed by atoms with E-state index in [1.807, 2.05) is 12.1 Å². The average Bonchev–Trinajstić information content (AvgIpc) is 2.33. The number of halogens is 1. The molecule has 94 valence electrons. The van der Waals surface area contributed by atoms with Crippen LogP contribution in [-0.2, 0) is 10.8 Å². The second-order valence-electron chi connectivity index (χ2n) is 4.56. The van der Waals surface area contributed by atoms with Crippen molar-refractivity contribution in [3.05, 3.63) is 35.6 Å². The fraction of sp³-hybridized carbons (Fsp3) is 0.538. The van der Waals surface area contributed by atoms with E-state index in [4.69, 9.17) is 0 Å². The average molecular weight is 255 g/mol. The Morgan fingerprint density at radius 2 is 1.88 bits per heavy atom. The molecule has 1 saturated heterocycles. The predicted molar refractivity (Wildman–Crippen MR) is 68.8 cm³/mol. The van der Waals surface area contributed by atoms with Gasteiger partial charge in [-0.3, -0.25) is 4.21 Å². The van der Waals surface area contributed by atoms with E-state index in [2.05, 4.69) is 12.2 Å². The van der Waals surface area contributed by atoms with Crippen molar-refractivity contribution in [3.63, 3.8) is 0 Å². The van der Waals surface area contributed by atoms with E-state index in [0.29, 0.717) is 6.04 Å². The lowest BCUT2D eigenvalue weighted by atomic mass is 10.1. The van der Waals surface area contributed by atoms with Crippen LogP contribution in [0.3, 0.4) is 0 Å². The van der Waals surface area contributed by atoms with E-state index in [0.717, 1.165) is 29.9 Å². The molecule has 1 atom stereocenters. The molecule has 0 unspecified atom stereocenters. The van der Waals surface area contributed by atoms with E-state index < -0.39 is 10.8 Å². The largest absolute Gasteiger partial charge is 0.307 e. The smallest absolute Gasteiger partial charge is 0.123 e. The van der Waals surface area contributed by atoms with Gasteiger partial charge in [-0.15, -0.1) is 0 Å². The zero-order valence-corrected chi connectivity index (χ0v) is 10.8. The summed E-state index contributed by atoms with van der Waals surface area (Å²) >= 11 is 0. The first-order valence-electron chi connectivity index (χ1n) is 6.01. The van der Waals surface area contributed by atoms with Crippen LogP contribution in [0.5, 0.6) is 0 Å². The summed E-state index contributed by atoms with van der Waals surface area (Å²) < 4.78 is 24.0. The molecule has 1 heterocycles. The molecular formula is C13H18FNOS. The van der Waals surface area contributed by atoms with Crippen LogP contribution in [0, 0.1) is 5.82 Å². The predicted octanol–water partition coefficient (Wildman–Crippen LogP) is 2.39. The van der Waals surface area contributed by atoms with Gasteiger partial charge in [0.05, 0.1) is 0 Å². The van der Waals surface area contributed by atoms with Gasteiger partial charge in [0, 0.05) is 34.4 Å². The van der Waals surface area contributed by atoms with Crippen LogP contribution in [0.25, 0.3) is 0 Å². The first-order chi connectivity index (χ1) is 8.15. The van der Waals surface area contributed by atoms with Gasteiger partial charge in [-0.05, 0) is 37.5 Å². The maximum absolute atomic E-state index is 12.8. The molecule has 17 heavy (non-hydrogen) atoms. The molecule has 1 aromatic carbocycles. The molecule has 0 saturated carbocycles. The number of hydrogen-bond donors (Lipinski definition) is 1. The minimum absolute atomic E-state index is 0.200. The summed E-state index contributed by atoms with van der Waals surface area (Å²) in [6, 6.07) is 7.26. The van der Waals surface area contributed by atoms with E-state index in [1.54, 1.807) is 0 Å². The van der Waals surface area contributed by atoms with Gasteiger partial charge in [0.1, 0.15) is 5.82 Å². The molecule has 0 amide bonds. The Balaban J connectivity index is 1.90. The number of nitrogens with one attached hydrogen (secondary N) is 1. The molecule has 2 nitrogen and oxygen atoms in total. The highest BCUT2D eigenvalue weighted by Gasteiger charge is 2.19. The zero-order valence-electron chi connectivity index (χ0n) is 9.99. The second kappa shape index (κ2) is 5.74. The lowest BCUT2D eigenvalue weighted by Gasteiger charge is -2.26. The molecule has 0 spiro atoms. The molecule has 1 aliphatic rings. The van der Waals surface area contributed by atoms with Crippen LogP contribution in [0.1, 0.15) is 31.4 Å². The maximum atomic E-state index is 12.8. The van der Waals surface area contributed by atoms with Gasteiger partial charge in [0.2, 0.25) is 0 Å². The van der Waals surface area contributed by atoms with Gasteiger partial charge < -0.3 is 5.32 Å². The van der Waals surface area contributed by atoms with Crippen molar-refractivity contribution in [2.24, 2.45) is 0 Å². The van der Waals surface area contributed by atoms with Crippen LogP contribution in [-0.4, -0.2) is 21.8 Å². The van der Waals surface area contributed by atoms with Crippen molar-refractivity contribution in [1.82, 2.24) is 5.32 Å². The van der Waals surface area contributed by atoms with Crippen LogP contribution in [0.2, 0.25) is 0 Å². The van der Waals surface area contributed by atoms with Gasteiger partial charge in [-0.25, -0.2) is 4.39 Å². The molecular weight excluding hydrogens is 237 g/mol. The van der Waals surface area contributed by atoms with Gasteiger partial charge >= 0.3 is 0 Å². The van der Waals surface area contributed by atoms with E-state index in [9.17, 15) is 8.60 Å². The van der Waals surface area contributed by atoms with Gasteiger partial charge in [0.25, 0.3) is 0 Å². The summed E-state index contributed by atoms with van der Waals surface area (Å²) in [5.74, 6) is 1.40. The summed E-state index contributed by atoms with van der Waals surface area (Å²) in [5.41, 5.74) is 1.10. The summed E-state index contributed by atoms with van der Waals surface area (Å²) in [6.45, 7) is 2.08. The molecule has 1 aliphatic heterocycles. The third-order valence-electron chi connectivity index (χ3n) is 3.24. The van der Waals surface area contributed by atoms with Crippen molar-refractivity contribution in [3.8, 4) is 0 Å². The molecule has 2 rings (SSSR count). The van der Waals surface area contributed by atoms with Crippen molar-refractivity contribution in [2.45, 2.75) is 31.8 Å². The minimum atomic E-state index is -0.613. The molecule has 1 N–H and O–H groups in total. The Kier molecular flexibility index (Phi) is 4.29. The van der Waals surface area contributed by atoms with Crippen molar-refractivity contribution >= 4 is 10.8 Å². The quantitative estimate of drug-likeness (QED) is 0.898. The molecule has 0 aromatic heterocycles. The van der Waals surface area contributed by atoms with E-state index in [1.165, 1.54) is 12.1 Å². The number of benzene rings is 1. The fourth-order valence-electron chi connectivity index (χ4n) is 2.16.